The molecule has 1 aromatic carbocycles. The molecule has 1 aliphatic rings. The summed E-state index contributed by atoms with van der Waals surface area (Å²) in [5.41, 5.74) is 1.18. The molecule has 0 amide bonds. The summed E-state index contributed by atoms with van der Waals surface area (Å²) < 4.78 is 38.3. The van der Waals surface area contributed by atoms with E-state index in [9.17, 15) is 8.42 Å². The van der Waals surface area contributed by atoms with Crippen molar-refractivity contribution in [1.82, 2.24) is 4.72 Å². The van der Waals surface area contributed by atoms with Crippen LogP contribution in [0, 0.1) is 6.92 Å². The maximum Gasteiger partial charge on any atom is 0.250 e. The van der Waals surface area contributed by atoms with E-state index < -0.39 is 10.0 Å². The molecule has 0 saturated heterocycles. The van der Waals surface area contributed by atoms with Crippen LogP contribution in [0.1, 0.15) is 23.3 Å². The van der Waals surface area contributed by atoms with E-state index in [4.69, 9.17) is 9.47 Å². The van der Waals surface area contributed by atoms with E-state index in [1.807, 2.05) is 31.2 Å². The molecule has 3 rings (SSSR count). The summed E-state index contributed by atoms with van der Waals surface area (Å²) in [5, 5.41) is 0. The molecule has 7 heteroatoms. The van der Waals surface area contributed by atoms with Gasteiger partial charge in [-0.1, -0.05) is 6.07 Å². The third-order valence-electron chi connectivity index (χ3n) is 3.77. The first-order chi connectivity index (χ1) is 11.5. The number of hydrogen-bond acceptors (Lipinski definition) is 5. The fraction of sp³-hybridized carbons (Fsp3) is 0.412. The predicted octanol–water partition coefficient (Wildman–Crippen LogP) is 3.13. The maximum atomic E-state index is 12.1. The van der Waals surface area contributed by atoms with Gasteiger partial charge in [0, 0.05) is 11.4 Å². The highest BCUT2D eigenvalue weighted by Gasteiger charge is 2.15. The molecule has 0 unspecified atom stereocenters. The van der Waals surface area contributed by atoms with Gasteiger partial charge >= 0.3 is 0 Å². The van der Waals surface area contributed by atoms with Crippen molar-refractivity contribution in [3.63, 3.8) is 0 Å². The summed E-state index contributed by atoms with van der Waals surface area (Å²) in [7, 11) is -3.36. The fourth-order valence-corrected chi connectivity index (χ4v) is 4.93. The molecule has 24 heavy (non-hydrogen) atoms. The summed E-state index contributed by atoms with van der Waals surface area (Å²) in [6.45, 7) is 3.53. The molecule has 0 fully saturated rings. The molecule has 1 N–H and O–H groups in total. The number of hydrogen-bond donors (Lipinski definition) is 1. The van der Waals surface area contributed by atoms with Gasteiger partial charge in [-0.05, 0) is 56.0 Å². The lowest BCUT2D eigenvalue weighted by atomic mass is 10.1. The van der Waals surface area contributed by atoms with E-state index in [2.05, 4.69) is 4.72 Å². The Hall–Kier alpha value is -1.57. The van der Waals surface area contributed by atoms with Crippen LogP contribution >= 0.6 is 11.3 Å². The largest absolute Gasteiger partial charge is 0.486 e. The van der Waals surface area contributed by atoms with Crippen molar-refractivity contribution >= 4 is 21.4 Å². The van der Waals surface area contributed by atoms with Crippen LogP contribution in [0.3, 0.4) is 0 Å². The molecule has 0 spiro atoms. The Morgan fingerprint density at radius 2 is 1.88 bits per heavy atom. The maximum absolute atomic E-state index is 12.1. The number of aryl methyl sites for hydroxylation is 2. The average Bonchev–Trinajstić information content (AvgIpc) is 3.02. The van der Waals surface area contributed by atoms with Crippen LogP contribution in [0.15, 0.2) is 34.5 Å². The number of nitrogens with one attached hydrogen (secondary N) is 1. The Morgan fingerprint density at radius 3 is 2.62 bits per heavy atom. The molecule has 130 valence electrons. The zero-order valence-electron chi connectivity index (χ0n) is 13.6. The summed E-state index contributed by atoms with van der Waals surface area (Å²) in [6.07, 6.45) is 2.58. The van der Waals surface area contributed by atoms with Crippen LogP contribution in [0.4, 0.5) is 0 Å². The van der Waals surface area contributed by atoms with Gasteiger partial charge in [-0.2, -0.15) is 0 Å². The summed E-state index contributed by atoms with van der Waals surface area (Å²) >= 11 is 1.29. The number of sulfonamides is 1. The zero-order valence-corrected chi connectivity index (χ0v) is 15.2. The van der Waals surface area contributed by atoms with Crippen LogP contribution < -0.4 is 14.2 Å². The van der Waals surface area contributed by atoms with E-state index in [0.717, 1.165) is 35.6 Å². The van der Waals surface area contributed by atoms with E-state index in [1.165, 1.54) is 16.9 Å². The number of ether oxygens (including phenoxy) is 2. The molecule has 0 bridgehead atoms. The highest BCUT2D eigenvalue weighted by Crippen LogP contribution is 2.31. The first kappa shape index (κ1) is 17.3. The van der Waals surface area contributed by atoms with Crippen molar-refractivity contribution in [2.24, 2.45) is 0 Å². The first-order valence-corrected chi connectivity index (χ1v) is 10.3. The van der Waals surface area contributed by atoms with Gasteiger partial charge in [0.15, 0.2) is 11.5 Å². The number of thiophene rings is 1. The minimum atomic E-state index is -3.36. The van der Waals surface area contributed by atoms with Crippen LogP contribution in [-0.4, -0.2) is 28.2 Å². The van der Waals surface area contributed by atoms with Crippen molar-refractivity contribution in [2.45, 2.75) is 30.4 Å². The molecule has 0 aliphatic carbocycles. The molecule has 5 nitrogen and oxygen atoms in total. The molecule has 1 aromatic heterocycles. The topological polar surface area (TPSA) is 64.6 Å². The van der Waals surface area contributed by atoms with Gasteiger partial charge in [-0.3, -0.25) is 0 Å². The van der Waals surface area contributed by atoms with E-state index in [0.29, 0.717) is 24.0 Å². The molecule has 0 radical (unpaired) electrons. The number of benzene rings is 1. The molecule has 2 aromatic rings. The van der Waals surface area contributed by atoms with Crippen molar-refractivity contribution in [2.75, 3.05) is 19.8 Å². The second kappa shape index (κ2) is 7.55. The Kier molecular flexibility index (Phi) is 5.43. The standard InChI is InChI=1S/C17H21NO4S2/c1-13-5-8-17(23-13)24(19,20)18-9-3-2-4-14-6-7-15-16(12-14)22-11-10-21-15/h5-8,12,18H,2-4,9-11H2,1H3. The number of rotatable bonds is 7. The predicted molar refractivity (Wildman–Crippen MR) is 94.6 cm³/mol. The summed E-state index contributed by atoms with van der Waals surface area (Å²) in [4.78, 5) is 0.994. The van der Waals surface area contributed by atoms with Crippen molar-refractivity contribution in [1.29, 1.82) is 0 Å². The van der Waals surface area contributed by atoms with Gasteiger partial charge in [0.25, 0.3) is 0 Å². The summed E-state index contributed by atoms with van der Waals surface area (Å²) in [5.74, 6) is 1.59. The second-order valence-corrected chi connectivity index (χ2v) is 8.98. The third-order valence-corrected chi connectivity index (χ3v) is 6.72. The Balaban J connectivity index is 1.44. The van der Waals surface area contributed by atoms with E-state index in [1.54, 1.807) is 6.07 Å². The Labute approximate surface area is 146 Å². The van der Waals surface area contributed by atoms with E-state index >= 15 is 0 Å². The number of fused-ring (bicyclic) bond motifs is 1. The average molecular weight is 367 g/mol. The summed E-state index contributed by atoms with van der Waals surface area (Å²) in [6, 6.07) is 9.45. The molecule has 2 heterocycles. The molecular weight excluding hydrogens is 346 g/mol. The van der Waals surface area contributed by atoms with Gasteiger partial charge in [-0.15, -0.1) is 11.3 Å². The quantitative estimate of drug-likeness (QED) is 0.764. The lowest BCUT2D eigenvalue weighted by molar-refractivity contribution is 0.171. The van der Waals surface area contributed by atoms with E-state index in [-0.39, 0.29) is 0 Å². The molecule has 0 saturated carbocycles. The first-order valence-electron chi connectivity index (χ1n) is 7.99. The smallest absolute Gasteiger partial charge is 0.250 e. The lowest BCUT2D eigenvalue weighted by Gasteiger charge is -2.18. The SMILES string of the molecule is Cc1ccc(S(=O)(=O)NCCCCc2ccc3c(c2)OCCO3)s1. The Morgan fingerprint density at radius 1 is 1.08 bits per heavy atom. The van der Waals surface area contributed by atoms with Crippen molar-refractivity contribution in [3.05, 3.63) is 40.8 Å². The second-order valence-electron chi connectivity index (χ2n) is 5.70. The minimum Gasteiger partial charge on any atom is -0.486 e. The number of unbranched alkanes of at least 4 members (excludes halogenated alkanes) is 1. The van der Waals surface area contributed by atoms with Crippen LogP contribution in [0.2, 0.25) is 0 Å². The highest BCUT2D eigenvalue weighted by molar-refractivity contribution is 7.91. The van der Waals surface area contributed by atoms with Gasteiger partial charge in [0.1, 0.15) is 17.4 Å². The highest BCUT2D eigenvalue weighted by atomic mass is 32.2. The van der Waals surface area contributed by atoms with Gasteiger partial charge in [0.05, 0.1) is 0 Å². The fourth-order valence-electron chi connectivity index (χ4n) is 2.53. The van der Waals surface area contributed by atoms with Crippen LogP contribution in [0.25, 0.3) is 0 Å². The van der Waals surface area contributed by atoms with Crippen molar-refractivity contribution < 1.29 is 17.9 Å². The lowest BCUT2D eigenvalue weighted by Crippen LogP contribution is -2.24. The van der Waals surface area contributed by atoms with Crippen LogP contribution in [0.5, 0.6) is 11.5 Å². The van der Waals surface area contributed by atoms with Gasteiger partial charge in [-0.25, -0.2) is 13.1 Å². The zero-order chi connectivity index (χ0) is 17.0. The van der Waals surface area contributed by atoms with Gasteiger partial charge < -0.3 is 9.47 Å². The molecule has 0 atom stereocenters. The minimum absolute atomic E-state index is 0.381. The normalized spacial score (nSPS) is 13.9. The van der Waals surface area contributed by atoms with Crippen molar-refractivity contribution in [3.8, 4) is 11.5 Å². The van der Waals surface area contributed by atoms with Gasteiger partial charge in [0.2, 0.25) is 10.0 Å². The monoisotopic (exact) mass is 367 g/mol. The Bertz CT molecular complexity index is 799. The third kappa shape index (κ3) is 4.28. The molecular formula is C17H21NO4S2. The van der Waals surface area contributed by atoms with Crippen LogP contribution in [-0.2, 0) is 16.4 Å². The molecule has 1 aliphatic heterocycles.